The third-order valence-corrected chi connectivity index (χ3v) is 6.25. The van der Waals surface area contributed by atoms with Crippen LogP contribution in [0.4, 0.5) is 4.39 Å². The van der Waals surface area contributed by atoms with Crippen LogP contribution in [0, 0.1) is 17.2 Å². The molecule has 0 aromatic heterocycles. The van der Waals surface area contributed by atoms with E-state index in [1.807, 2.05) is 6.07 Å². The first-order valence-electron chi connectivity index (χ1n) is 9.44. The van der Waals surface area contributed by atoms with E-state index in [9.17, 15) is 9.18 Å². The average Bonchev–Trinajstić information content (AvgIpc) is 2.94. The maximum atomic E-state index is 13.8. The van der Waals surface area contributed by atoms with E-state index in [2.05, 4.69) is 10.2 Å². The Bertz CT molecular complexity index is 634. The van der Waals surface area contributed by atoms with E-state index in [1.54, 1.807) is 6.07 Å². The lowest BCUT2D eigenvalue weighted by atomic mass is 9.67. The van der Waals surface area contributed by atoms with Crippen molar-refractivity contribution in [1.29, 1.82) is 0 Å². The molecule has 1 aliphatic heterocycles. The summed E-state index contributed by atoms with van der Waals surface area (Å²) in [5.74, 6) is 0.0107. The Morgan fingerprint density at radius 1 is 1.38 bits per heavy atom. The first kappa shape index (κ1) is 19.6. The van der Waals surface area contributed by atoms with E-state index in [1.165, 1.54) is 45.3 Å². The molecule has 1 aliphatic carbocycles. The fourth-order valence-electron chi connectivity index (χ4n) is 4.68. The molecule has 1 aromatic carbocycles. The van der Waals surface area contributed by atoms with E-state index in [0.29, 0.717) is 12.5 Å². The number of nitrogens with one attached hydrogen (secondary N) is 1. The molecule has 1 heterocycles. The average molecular weight is 383 g/mol. The quantitative estimate of drug-likeness (QED) is 0.816. The van der Waals surface area contributed by atoms with E-state index < -0.39 is 0 Å². The van der Waals surface area contributed by atoms with Crippen LogP contribution in [-0.4, -0.2) is 44.2 Å². The third-order valence-electron chi connectivity index (χ3n) is 5.94. The second kappa shape index (κ2) is 8.68. The van der Waals surface area contributed by atoms with Crippen LogP contribution >= 0.6 is 11.6 Å². The van der Waals surface area contributed by atoms with Crippen molar-refractivity contribution < 1.29 is 13.9 Å². The van der Waals surface area contributed by atoms with Crippen LogP contribution in [-0.2, 0) is 16.1 Å². The van der Waals surface area contributed by atoms with Gasteiger partial charge in [0, 0.05) is 33.3 Å². The molecule has 1 atom stereocenters. The molecule has 6 heteroatoms. The summed E-state index contributed by atoms with van der Waals surface area (Å²) >= 11 is 5.79. The minimum Gasteiger partial charge on any atom is -0.375 e. The minimum atomic E-state index is -0.362. The summed E-state index contributed by atoms with van der Waals surface area (Å²) in [5, 5.41) is 3.19. The molecule has 1 saturated carbocycles. The molecule has 1 saturated heterocycles. The van der Waals surface area contributed by atoms with Gasteiger partial charge in [0.25, 0.3) is 0 Å². The number of amides is 1. The maximum absolute atomic E-state index is 13.8. The Balaban J connectivity index is 1.67. The standard InChI is InChI=1S/C20H28ClFN2O2/c1-26-13-19(25)23-10-16-12-24(14-20(16)7-3-2-4-8-20)11-15-5-6-17(21)18(22)9-15/h5-6,9,16H,2-4,7-8,10-14H2,1H3,(H,23,25). The van der Waals surface area contributed by atoms with Gasteiger partial charge in [0.15, 0.2) is 0 Å². The molecule has 0 bridgehead atoms. The summed E-state index contributed by atoms with van der Waals surface area (Å²) in [4.78, 5) is 14.2. The van der Waals surface area contributed by atoms with Crippen LogP contribution in [0.3, 0.4) is 0 Å². The molecule has 1 spiro atoms. The molecule has 26 heavy (non-hydrogen) atoms. The molecule has 4 nitrogen and oxygen atoms in total. The number of hydrogen-bond donors (Lipinski definition) is 1. The number of likely N-dealkylation sites (tertiary alicyclic amines) is 1. The first-order valence-corrected chi connectivity index (χ1v) is 9.82. The van der Waals surface area contributed by atoms with E-state index in [-0.39, 0.29) is 28.8 Å². The van der Waals surface area contributed by atoms with Gasteiger partial charge in [-0.15, -0.1) is 0 Å². The van der Waals surface area contributed by atoms with Gasteiger partial charge in [-0.25, -0.2) is 4.39 Å². The number of rotatable bonds is 6. The van der Waals surface area contributed by atoms with Crippen LogP contribution in [0.15, 0.2) is 18.2 Å². The van der Waals surface area contributed by atoms with Crippen molar-refractivity contribution in [2.75, 3.05) is 33.4 Å². The maximum Gasteiger partial charge on any atom is 0.245 e. The number of carbonyl (C=O) groups is 1. The fraction of sp³-hybridized carbons (Fsp3) is 0.650. The monoisotopic (exact) mass is 382 g/mol. The predicted octanol–water partition coefficient (Wildman–Crippen LogP) is 3.62. The van der Waals surface area contributed by atoms with Gasteiger partial charge < -0.3 is 10.1 Å². The summed E-state index contributed by atoms with van der Waals surface area (Å²) in [6, 6.07) is 5.05. The summed E-state index contributed by atoms with van der Waals surface area (Å²) in [7, 11) is 1.53. The number of nitrogens with zero attached hydrogens (tertiary/aromatic N) is 1. The van der Waals surface area contributed by atoms with Crippen molar-refractivity contribution in [2.24, 2.45) is 11.3 Å². The summed E-state index contributed by atoms with van der Waals surface area (Å²) < 4.78 is 18.7. The summed E-state index contributed by atoms with van der Waals surface area (Å²) in [6.07, 6.45) is 6.23. The summed E-state index contributed by atoms with van der Waals surface area (Å²) in [6.45, 7) is 3.46. The van der Waals surface area contributed by atoms with Gasteiger partial charge in [-0.2, -0.15) is 0 Å². The molecule has 1 unspecified atom stereocenters. The molecule has 2 aliphatic rings. The Kier molecular flexibility index (Phi) is 6.54. The fourth-order valence-corrected chi connectivity index (χ4v) is 4.80. The predicted molar refractivity (Wildman–Crippen MR) is 101 cm³/mol. The third kappa shape index (κ3) is 4.56. The van der Waals surface area contributed by atoms with E-state index >= 15 is 0 Å². The Labute approximate surface area is 160 Å². The molecule has 1 N–H and O–H groups in total. The van der Waals surface area contributed by atoms with Crippen LogP contribution in [0.1, 0.15) is 37.7 Å². The van der Waals surface area contributed by atoms with Gasteiger partial charge in [-0.3, -0.25) is 9.69 Å². The molecule has 144 valence electrons. The number of benzene rings is 1. The zero-order chi connectivity index (χ0) is 18.6. The number of carbonyl (C=O) groups excluding carboxylic acids is 1. The molecule has 1 amide bonds. The molecular weight excluding hydrogens is 355 g/mol. The number of methoxy groups -OCH3 is 1. The normalized spacial score (nSPS) is 22.7. The molecule has 0 radical (unpaired) electrons. The zero-order valence-electron chi connectivity index (χ0n) is 15.4. The smallest absolute Gasteiger partial charge is 0.245 e. The molecule has 3 rings (SSSR count). The number of hydrogen-bond acceptors (Lipinski definition) is 3. The van der Waals surface area contributed by atoms with E-state index in [4.69, 9.17) is 16.3 Å². The van der Waals surface area contributed by atoms with Gasteiger partial charge in [-0.1, -0.05) is 36.9 Å². The highest BCUT2D eigenvalue weighted by Gasteiger charge is 2.46. The lowest BCUT2D eigenvalue weighted by Crippen LogP contribution is -2.40. The molecule has 2 fully saturated rings. The SMILES string of the molecule is COCC(=O)NCC1CN(Cc2ccc(Cl)c(F)c2)CC12CCCCC2. The van der Waals surface area contributed by atoms with Crippen molar-refractivity contribution in [3.63, 3.8) is 0 Å². The van der Waals surface area contributed by atoms with Crippen molar-refractivity contribution in [3.8, 4) is 0 Å². The van der Waals surface area contributed by atoms with Gasteiger partial charge in [0.05, 0.1) is 5.02 Å². The zero-order valence-corrected chi connectivity index (χ0v) is 16.2. The Hall–Kier alpha value is -1.17. The highest BCUT2D eigenvalue weighted by molar-refractivity contribution is 6.30. The largest absolute Gasteiger partial charge is 0.375 e. The second-order valence-electron chi connectivity index (χ2n) is 7.78. The van der Waals surface area contributed by atoms with Crippen molar-refractivity contribution in [1.82, 2.24) is 10.2 Å². The lowest BCUT2D eigenvalue weighted by molar-refractivity contribution is -0.125. The van der Waals surface area contributed by atoms with Gasteiger partial charge in [0.1, 0.15) is 12.4 Å². The van der Waals surface area contributed by atoms with Crippen molar-refractivity contribution >= 4 is 17.5 Å². The highest BCUT2D eigenvalue weighted by atomic mass is 35.5. The summed E-state index contributed by atoms with van der Waals surface area (Å²) in [5.41, 5.74) is 1.21. The van der Waals surface area contributed by atoms with Gasteiger partial charge >= 0.3 is 0 Å². The van der Waals surface area contributed by atoms with Gasteiger partial charge in [-0.05, 0) is 41.9 Å². The van der Waals surface area contributed by atoms with Crippen LogP contribution in [0.5, 0.6) is 0 Å². The lowest BCUT2D eigenvalue weighted by Gasteiger charge is -2.38. The van der Waals surface area contributed by atoms with E-state index in [0.717, 1.165) is 25.2 Å². The van der Waals surface area contributed by atoms with Crippen LogP contribution in [0.25, 0.3) is 0 Å². The Morgan fingerprint density at radius 3 is 2.85 bits per heavy atom. The first-order chi connectivity index (χ1) is 12.5. The van der Waals surface area contributed by atoms with Crippen molar-refractivity contribution in [2.45, 2.75) is 38.6 Å². The molecular formula is C20H28ClFN2O2. The minimum absolute atomic E-state index is 0.0586. The number of halogens is 2. The topological polar surface area (TPSA) is 41.6 Å². The van der Waals surface area contributed by atoms with Crippen molar-refractivity contribution in [3.05, 3.63) is 34.6 Å². The van der Waals surface area contributed by atoms with Crippen LogP contribution < -0.4 is 5.32 Å². The molecule has 1 aromatic rings. The highest BCUT2D eigenvalue weighted by Crippen LogP contribution is 2.47. The Morgan fingerprint density at radius 2 is 2.15 bits per heavy atom. The van der Waals surface area contributed by atoms with Crippen LogP contribution in [0.2, 0.25) is 5.02 Å². The second-order valence-corrected chi connectivity index (χ2v) is 8.18. The number of ether oxygens (including phenoxy) is 1. The van der Waals surface area contributed by atoms with Gasteiger partial charge in [0.2, 0.25) is 5.91 Å².